The number of methoxy groups -OCH3 is 1. The van der Waals surface area contributed by atoms with Crippen molar-refractivity contribution in [2.45, 2.75) is 57.7 Å². The van der Waals surface area contributed by atoms with Gasteiger partial charge in [0.25, 0.3) is 0 Å². The summed E-state index contributed by atoms with van der Waals surface area (Å²) < 4.78 is 16.8. The third-order valence-electron chi connectivity index (χ3n) is 5.44. The molecule has 2 aliphatic rings. The fourth-order valence-electron chi connectivity index (χ4n) is 4.02. The van der Waals surface area contributed by atoms with Gasteiger partial charge in [0, 0.05) is 19.0 Å². The zero-order valence-corrected chi connectivity index (χ0v) is 16.7. The average molecular weight is 391 g/mol. The number of likely N-dealkylation sites (tertiary alicyclic amines) is 1. The van der Waals surface area contributed by atoms with E-state index in [1.165, 1.54) is 4.90 Å². The second-order valence-corrected chi connectivity index (χ2v) is 7.82. The van der Waals surface area contributed by atoms with Gasteiger partial charge in [0.05, 0.1) is 25.2 Å². The lowest BCUT2D eigenvalue weighted by Gasteiger charge is -2.20. The molecule has 3 rings (SSSR count). The van der Waals surface area contributed by atoms with Crippen molar-refractivity contribution in [2.75, 3.05) is 20.2 Å². The first-order valence-electron chi connectivity index (χ1n) is 9.92. The molecule has 0 unspecified atom stereocenters. The highest BCUT2D eigenvalue weighted by Gasteiger charge is 2.41. The molecule has 1 aliphatic carbocycles. The summed E-state index contributed by atoms with van der Waals surface area (Å²) in [5.41, 5.74) is 0.834. The van der Waals surface area contributed by atoms with Crippen molar-refractivity contribution in [3.63, 3.8) is 0 Å². The Morgan fingerprint density at radius 3 is 2.46 bits per heavy atom. The molecule has 1 aliphatic heterocycles. The maximum Gasteiger partial charge on any atom is 0.410 e. The van der Waals surface area contributed by atoms with E-state index in [-0.39, 0.29) is 24.7 Å². The van der Waals surface area contributed by atoms with Gasteiger partial charge in [-0.2, -0.15) is 0 Å². The number of amides is 1. The Hall–Kier alpha value is -2.44. The van der Waals surface area contributed by atoms with E-state index in [4.69, 9.17) is 14.2 Å². The molecule has 0 radical (unpaired) electrons. The van der Waals surface area contributed by atoms with Crippen LogP contribution in [-0.2, 0) is 9.53 Å². The molecule has 28 heavy (non-hydrogen) atoms. The van der Waals surface area contributed by atoms with Gasteiger partial charge in [-0.3, -0.25) is 4.79 Å². The van der Waals surface area contributed by atoms with Crippen molar-refractivity contribution in [3.05, 3.63) is 23.8 Å². The Morgan fingerprint density at radius 1 is 1.14 bits per heavy atom. The monoisotopic (exact) mass is 391 g/mol. The summed E-state index contributed by atoms with van der Waals surface area (Å²) in [5, 5.41) is 9.69. The Morgan fingerprint density at radius 2 is 1.86 bits per heavy atom. The molecule has 0 bridgehead atoms. The highest BCUT2D eigenvalue weighted by Crippen LogP contribution is 2.39. The van der Waals surface area contributed by atoms with E-state index >= 15 is 0 Å². The maximum absolute atomic E-state index is 12.3. The zero-order chi connectivity index (χ0) is 20.3. The van der Waals surface area contributed by atoms with Crippen LogP contribution >= 0.6 is 0 Å². The number of ether oxygens (including phenoxy) is 3. The maximum atomic E-state index is 12.3. The molecule has 0 aromatic heterocycles. The lowest BCUT2D eigenvalue weighted by molar-refractivity contribution is -0.141. The molecular formula is C21H29NO6. The molecular weight excluding hydrogens is 362 g/mol. The molecule has 1 heterocycles. The van der Waals surface area contributed by atoms with E-state index in [1.807, 2.05) is 18.2 Å². The molecule has 7 nitrogen and oxygen atoms in total. The van der Waals surface area contributed by atoms with Crippen LogP contribution in [0.2, 0.25) is 0 Å². The number of benzene rings is 1. The van der Waals surface area contributed by atoms with Gasteiger partial charge in [-0.25, -0.2) is 4.79 Å². The summed E-state index contributed by atoms with van der Waals surface area (Å²) in [4.78, 5) is 25.6. The molecule has 1 N–H and O–H groups in total. The molecule has 1 saturated heterocycles. The number of carbonyl (C=O) groups excluding carboxylic acids is 1. The number of nitrogens with zero attached hydrogens (tertiary/aromatic N) is 1. The van der Waals surface area contributed by atoms with Crippen LogP contribution in [0.4, 0.5) is 4.79 Å². The van der Waals surface area contributed by atoms with Crippen LogP contribution in [0.15, 0.2) is 18.2 Å². The van der Waals surface area contributed by atoms with Crippen LogP contribution in [0.5, 0.6) is 11.5 Å². The first kappa shape index (κ1) is 20.3. The first-order valence-corrected chi connectivity index (χ1v) is 9.92. The number of carbonyl (C=O) groups is 2. The molecule has 1 aromatic rings. The van der Waals surface area contributed by atoms with Crippen molar-refractivity contribution in [3.8, 4) is 11.5 Å². The highest BCUT2D eigenvalue weighted by molar-refractivity contribution is 5.76. The Bertz CT molecular complexity index is 713. The van der Waals surface area contributed by atoms with Crippen LogP contribution in [0, 0.1) is 5.92 Å². The lowest BCUT2D eigenvalue weighted by atomic mass is 9.89. The summed E-state index contributed by atoms with van der Waals surface area (Å²) in [5.74, 6) is -0.656. The molecule has 1 aromatic carbocycles. The molecule has 2 fully saturated rings. The van der Waals surface area contributed by atoms with Gasteiger partial charge in [-0.15, -0.1) is 0 Å². The highest BCUT2D eigenvalue weighted by atomic mass is 16.6. The second kappa shape index (κ2) is 8.71. The van der Waals surface area contributed by atoms with E-state index in [0.717, 1.165) is 31.2 Å². The Balaban J connectivity index is 1.83. The fraction of sp³-hybridized carbons (Fsp3) is 0.619. The molecule has 7 heteroatoms. The topological polar surface area (TPSA) is 85.3 Å². The normalized spacial score (nSPS) is 22.5. The van der Waals surface area contributed by atoms with Crippen molar-refractivity contribution < 1.29 is 28.9 Å². The number of carboxylic acid groups (broad SMARTS) is 1. The van der Waals surface area contributed by atoms with Crippen LogP contribution in [0.1, 0.15) is 51.0 Å². The zero-order valence-electron chi connectivity index (χ0n) is 16.7. The summed E-state index contributed by atoms with van der Waals surface area (Å²) in [6.07, 6.45) is 3.79. The van der Waals surface area contributed by atoms with Gasteiger partial charge >= 0.3 is 12.1 Å². The van der Waals surface area contributed by atoms with Gasteiger partial charge in [0.2, 0.25) is 0 Å². The lowest BCUT2D eigenvalue weighted by Crippen LogP contribution is -2.32. The Labute approximate surface area is 165 Å². The molecule has 0 spiro atoms. The van der Waals surface area contributed by atoms with Crippen molar-refractivity contribution in [2.24, 2.45) is 5.92 Å². The van der Waals surface area contributed by atoms with Gasteiger partial charge in [0.1, 0.15) is 0 Å². The SMILES string of the molecule is COc1ccc([C@@H]2CN(C(=O)OC(C)C)C[C@H]2C(=O)O)cc1OC1CCCC1. The predicted molar refractivity (Wildman–Crippen MR) is 103 cm³/mol. The Kier molecular flexibility index (Phi) is 6.31. The largest absolute Gasteiger partial charge is 0.493 e. The van der Waals surface area contributed by atoms with Crippen molar-refractivity contribution in [1.82, 2.24) is 4.90 Å². The predicted octanol–water partition coefficient (Wildman–Crippen LogP) is 3.66. The smallest absolute Gasteiger partial charge is 0.410 e. The number of hydrogen-bond acceptors (Lipinski definition) is 5. The summed E-state index contributed by atoms with van der Waals surface area (Å²) in [7, 11) is 1.59. The van der Waals surface area contributed by atoms with E-state index in [9.17, 15) is 14.7 Å². The summed E-state index contributed by atoms with van der Waals surface area (Å²) in [6, 6.07) is 5.54. The van der Waals surface area contributed by atoms with Crippen LogP contribution in [-0.4, -0.2) is 54.5 Å². The van der Waals surface area contributed by atoms with E-state index < -0.39 is 18.0 Å². The van der Waals surface area contributed by atoms with Gasteiger partial charge in [-0.05, 0) is 57.2 Å². The van der Waals surface area contributed by atoms with Crippen LogP contribution in [0.3, 0.4) is 0 Å². The average Bonchev–Trinajstić information content (AvgIpc) is 3.30. The first-order chi connectivity index (χ1) is 13.4. The summed E-state index contributed by atoms with van der Waals surface area (Å²) in [6.45, 7) is 3.99. The number of aliphatic carboxylic acids is 1. The quantitative estimate of drug-likeness (QED) is 0.797. The fourth-order valence-corrected chi connectivity index (χ4v) is 4.02. The molecule has 154 valence electrons. The molecule has 1 saturated carbocycles. The summed E-state index contributed by atoms with van der Waals surface area (Å²) >= 11 is 0. The number of carboxylic acids is 1. The van der Waals surface area contributed by atoms with Gasteiger partial charge < -0.3 is 24.2 Å². The van der Waals surface area contributed by atoms with Crippen LogP contribution < -0.4 is 9.47 Å². The van der Waals surface area contributed by atoms with Gasteiger partial charge in [-0.1, -0.05) is 6.07 Å². The van der Waals surface area contributed by atoms with E-state index in [1.54, 1.807) is 21.0 Å². The minimum atomic E-state index is -0.918. The minimum absolute atomic E-state index is 0.135. The van der Waals surface area contributed by atoms with Crippen molar-refractivity contribution >= 4 is 12.1 Å². The third kappa shape index (κ3) is 4.51. The third-order valence-corrected chi connectivity index (χ3v) is 5.44. The van der Waals surface area contributed by atoms with E-state index in [0.29, 0.717) is 18.0 Å². The van der Waals surface area contributed by atoms with Gasteiger partial charge in [0.15, 0.2) is 11.5 Å². The van der Waals surface area contributed by atoms with E-state index in [2.05, 4.69) is 0 Å². The molecule has 2 atom stereocenters. The van der Waals surface area contributed by atoms with Crippen molar-refractivity contribution in [1.29, 1.82) is 0 Å². The standard InChI is InChI=1S/C21H29NO6/c1-13(2)27-21(25)22-11-16(17(12-22)20(23)24)14-8-9-18(26-3)19(10-14)28-15-6-4-5-7-15/h8-10,13,15-17H,4-7,11-12H2,1-3H3,(H,23,24)/t16-,17+/m0/s1. The minimum Gasteiger partial charge on any atom is -0.493 e. The molecule has 1 amide bonds. The number of hydrogen-bond donors (Lipinski definition) is 1. The number of rotatable bonds is 6. The second-order valence-electron chi connectivity index (χ2n) is 7.82. The van der Waals surface area contributed by atoms with Crippen LogP contribution in [0.25, 0.3) is 0 Å².